The van der Waals surface area contributed by atoms with E-state index in [4.69, 9.17) is 9.05 Å². The molecule has 0 saturated carbocycles. The number of nitrogens with one attached hydrogen (secondary N) is 2. The molecule has 146 valence electrons. The SMILES string of the molecule is CNc1nc(CCCCCCCCCCCCc2noc(NC)n2)no1. The van der Waals surface area contributed by atoms with Crippen molar-refractivity contribution in [3.63, 3.8) is 0 Å². The van der Waals surface area contributed by atoms with Gasteiger partial charge in [-0.1, -0.05) is 61.7 Å². The van der Waals surface area contributed by atoms with E-state index in [1.807, 2.05) is 0 Å². The molecule has 0 aromatic carbocycles. The summed E-state index contributed by atoms with van der Waals surface area (Å²) in [5.41, 5.74) is 0. The normalized spacial score (nSPS) is 11.0. The minimum Gasteiger partial charge on any atom is -0.341 e. The number of hydrogen-bond donors (Lipinski definition) is 2. The first-order valence-corrected chi connectivity index (χ1v) is 9.82. The van der Waals surface area contributed by atoms with Gasteiger partial charge in [-0.05, 0) is 12.8 Å². The summed E-state index contributed by atoms with van der Waals surface area (Å²) in [6.07, 6.45) is 14.5. The first kappa shape index (κ1) is 20.2. The molecule has 0 radical (unpaired) electrons. The van der Waals surface area contributed by atoms with Gasteiger partial charge in [-0.3, -0.25) is 0 Å². The lowest BCUT2D eigenvalue weighted by Crippen LogP contribution is -1.91. The summed E-state index contributed by atoms with van der Waals surface area (Å²) in [5, 5.41) is 13.6. The van der Waals surface area contributed by atoms with Crippen molar-refractivity contribution in [3.05, 3.63) is 11.6 Å². The van der Waals surface area contributed by atoms with E-state index in [2.05, 4.69) is 30.9 Å². The van der Waals surface area contributed by atoms with Crippen LogP contribution in [0.25, 0.3) is 0 Å². The molecule has 0 saturated heterocycles. The highest BCUT2D eigenvalue weighted by atomic mass is 16.5. The molecule has 2 heterocycles. The van der Waals surface area contributed by atoms with E-state index in [1.165, 1.54) is 51.4 Å². The van der Waals surface area contributed by atoms with Crippen molar-refractivity contribution in [2.45, 2.75) is 77.0 Å². The quantitative estimate of drug-likeness (QED) is 0.453. The van der Waals surface area contributed by atoms with E-state index in [1.54, 1.807) is 14.1 Å². The zero-order valence-electron chi connectivity index (χ0n) is 16.1. The van der Waals surface area contributed by atoms with Crippen LogP contribution < -0.4 is 10.6 Å². The molecule has 0 spiro atoms. The van der Waals surface area contributed by atoms with Gasteiger partial charge < -0.3 is 19.7 Å². The van der Waals surface area contributed by atoms with E-state index < -0.39 is 0 Å². The largest absolute Gasteiger partial charge is 0.341 e. The Bertz CT molecular complexity index is 546. The van der Waals surface area contributed by atoms with Crippen LogP contribution >= 0.6 is 0 Å². The molecule has 2 aromatic heterocycles. The predicted octanol–water partition coefficient (Wildman–Crippen LogP) is 4.22. The first-order chi connectivity index (χ1) is 12.8. The predicted molar refractivity (Wildman–Crippen MR) is 101 cm³/mol. The molecule has 2 N–H and O–H groups in total. The summed E-state index contributed by atoms with van der Waals surface area (Å²) in [6.45, 7) is 0. The third-order valence-corrected chi connectivity index (χ3v) is 4.41. The Morgan fingerprint density at radius 1 is 0.577 bits per heavy atom. The molecule has 0 atom stereocenters. The highest BCUT2D eigenvalue weighted by Gasteiger charge is 2.04. The fourth-order valence-electron chi connectivity index (χ4n) is 2.89. The number of hydrogen-bond acceptors (Lipinski definition) is 8. The van der Waals surface area contributed by atoms with Gasteiger partial charge in [0, 0.05) is 26.9 Å². The van der Waals surface area contributed by atoms with Crippen LogP contribution in [0.4, 0.5) is 12.0 Å². The van der Waals surface area contributed by atoms with Crippen molar-refractivity contribution >= 4 is 12.0 Å². The molecule has 8 nitrogen and oxygen atoms in total. The summed E-state index contributed by atoms with van der Waals surface area (Å²) in [5.74, 6) is 1.61. The minimum absolute atomic E-state index is 0.500. The molecule has 0 fully saturated rings. The van der Waals surface area contributed by atoms with Gasteiger partial charge in [0.1, 0.15) is 0 Å². The Hall–Kier alpha value is -2.12. The second-order valence-electron chi connectivity index (χ2n) is 6.57. The van der Waals surface area contributed by atoms with E-state index in [0.29, 0.717) is 12.0 Å². The molecule has 0 amide bonds. The summed E-state index contributed by atoms with van der Waals surface area (Å²) in [6, 6.07) is 1.00. The van der Waals surface area contributed by atoms with Crippen molar-refractivity contribution in [2.75, 3.05) is 24.7 Å². The van der Waals surface area contributed by atoms with Crippen LogP contribution in [0.15, 0.2) is 9.05 Å². The number of unbranched alkanes of at least 4 members (excludes halogenated alkanes) is 9. The minimum atomic E-state index is 0.500. The van der Waals surface area contributed by atoms with Gasteiger partial charge in [-0.25, -0.2) is 0 Å². The Morgan fingerprint density at radius 2 is 0.923 bits per heavy atom. The van der Waals surface area contributed by atoms with Crippen LogP contribution in [-0.2, 0) is 12.8 Å². The lowest BCUT2D eigenvalue weighted by molar-refractivity contribution is 0.422. The van der Waals surface area contributed by atoms with Crippen molar-refractivity contribution < 1.29 is 9.05 Å². The highest BCUT2D eigenvalue weighted by Crippen LogP contribution is 2.13. The second kappa shape index (κ2) is 12.3. The molecule has 0 aliphatic carbocycles. The number of aromatic nitrogens is 4. The number of anilines is 2. The Labute approximate surface area is 155 Å². The first-order valence-electron chi connectivity index (χ1n) is 9.82. The summed E-state index contributed by atoms with van der Waals surface area (Å²) < 4.78 is 10.0. The van der Waals surface area contributed by atoms with Gasteiger partial charge in [0.2, 0.25) is 0 Å². The van der Waals surface area contributed by atoms with Crippen molar-refractivity contribution in [1.82, 2.24) is 20.3 Å². The average molecular weight is 364 g/mol. The molecule has 2 rings (SSSR count). The number of nitrogens with zero attached hydrogens (tertiary/aromatic N) is 4. The molecule has 0 bridgehead atoms. The topological polar surface area (TPSA) is 102 Å². The molecule has 0 aliphatic heterocycles. The fraction of sp³-hybridized carbons (Fsp3) is 0.778. The Kier molecular flexibility index (Phi) is 9.53. The number of aryl methyl sites for hydroxylation is 2. The Morgan fingerprint density at radius 3 is 1.23 bits per heavy atom. The van der Waals surface area contributed by atoms with Gasteiger partial charge in [0.25, 0.3) is 0 Å². The number of rotatable bonds is 15. The standard InChI is InChI=1S/C18H32N6O2/c1-19-17-21-15(23-25-17)13-11-9-7-5-3-4-6-8-10-12-14-16-22-18(20-2)26-24-16/h3-14H2,1-2H3,(H,19,21,23)(H,20,22,24). The molecule has 8 heteroatoms. The summed E-state index contributed by atoms with van der Waals surface area (Å²) >= 11 is 0. The van der Waals surface area contributed by atoms with Crippen LogP contribution in [-0.4, -0.2) is 34.4 Å². The maximum atomic E-state index is 5.01. The zero-order valence-corrected chi connectivity index (χ0v) is 16.1. The average Bonchev–Trinajstić information content (AvgIpc) is 3.31. The van der Waals surface area contributed by atoms with E-state index in [-0.39, 0.29) is 0 Å². The van der Waals surface area contributed by atoms with Gasteiger partial charge in [0.05, 0.1) is 0 Å². The Balaban J connectivity index is 1.33. The van der Waals surface area contributed by atoms with E-state index >= 15 is 0 Å². The van der Waals surface area contributed by atoms with Crippen LogP contribution in [0.3, 0.4) is 0 Å². The highest BCUT2D eigenvalue weighted by molar-refractivity contribution is 5.16. The maximum Gasteiger partial charge on any atom is 0.321 e. The van der Waals surface area contributed by atoms with Gasteiger partial charge in [0.15, 0.2) is 11.6 Å². The third-order valence-electron chi connectivity index (χ3n) is 4.41. The lowest BCUT2D eigenvalue weighted by atomic mass is 10.0. The van der Waals surface area contributed by atoms with E-state index in [9.17, 15) is 0 Å². The molecule has 0 aliphatic rings. The molecule has 2 aromatic rings. The van der Waals surface area contributed by atoms with Crippen LogP contribution in [0.1, 0.15) is 75.9 Å². The summed E-state index contributed by atoms with van der Waals surface area (Å²) in [7, 11) is 3.57. The van der Waals surface area contributed by atoms with Crippen molar-refractivity contribution in [2.24, 2.45) is 0 Å². The van der Waals surface area contributed by atoms with Gasteiger partial charge in [-0.2, -0.15) is 9.97 Å². The van der Waals surface area contributed by atoms with Crippen molar-refractivity contribution in [3.8, 4) is 0 Å². The van der Waals surface area contributed by atoms with Crippen LogP contribution in [0, 0.1) is 0 Å². The maximum absolute atomic E-state index is 5.01. The fourth-order valence-corrected chi connectivity index (χ4v) is 2.89. The molecular formula is C18H32N6O2. The molecule has 0 unspecified atom stereocenters. The zero-order chi connectivity index (χ0) is 18.5. The van der Waals surface area contributed by atoms with E-state index in [0.717, 1.165) is 37.3 Å². The molecule has 26 heavy (non-hydrogen) atoms. The lowest BCUT2D eigenvalue weighted by Gasteiger charge is -2.02. The van der Waals surface area contributed by atoms with Crippen LogP contribution in [0.2, 0.25) is 0 Å². The van der Waals surface area contributed by atoms with Crippen LogP contribution in [0.5, 0.6) is 0 Å². The van der Waals surface area contributed by atoms with Gasteiger partial charge in [-0.15, -0.1) is 0 Å². The smallest absolute Gasteiger partial charge is 0.321 e. The third kappa shape index (κ3) is 7.84. The molecular weight excluding hydrogens is 332 g/mol. The monoisotopic (exact) mass is 364 g/mol. The van der Waals surface area contributed by atoms with Gasteiger partial charge >= 0.3 is 12.0 Å². The van der Waals surface area contributed by atoms with Crippen molar-refractivity contribution in [1.29, 1.82) is 0 Å². The summed E-state index contributed by atoms with van der Waals surface area (Å²) in [4.78, 5) is 8.46. The second-order valence-corrected chi connectivity index (χ2v) is 6.57.